The van der Waals surface area contributed by atoms with Crippen LogP contribution in [0.4, 0.5) is 0 Å². The van der Waals surface area contributed by atoms with Crippen LogP contribution in [0.1, 0.15) is 18.4 Å². The average Bonchev–Trinajstić information content (AvgIpc) is 2.61. The van der Waals surface area contributed by atoms with Crippen molar-refractivity contribution in [2.45, 2.75) is 19.3 Å². The van der Waals surface area contributed by atoms with E-state index in [2.05, 4.69) is 23.2 Å². The highest BCUT2D eigenvalue weighted by Gasteiger charge is 2.00. The minimum atomic E-state index is 0.639. The molecule has 2 aromatic rings. The highest BCUT2D eigenvalue weighted by Crippen LogP contribution is 2.15. The molecule has 0 unspecified atom stereocenters. The third-order valence-electron chi connectivity index (χ3n) is 2.58. The highest BCUT2D eigenvalue weighted by atomic mass is 16.1. The molecule has 0 atom stereocenters. The predicted octanol–water partition coefficient (Wildman–Crippen LogP) is 2.09. The molecule has 0 aliphatic carbocycles. The zero-order valence-electron chi connectivity index (χ0n) is 8.81. The summed E-state index contributed by atoms with van der Waals surface area (Å²) in [4.78, 5) is 14.5. The molecule has 0 aliphatic rings. The minimum Gasteiger partial charge on any atom is -0.334 e. The van der Waals surface area contributed by atoms with Crippen molar-refractivity contribution < 1.29 is 4.79 Å². The Labute approximate surface area is 88.7 Å². The number of carbonyl (C=O) groups is 1. The lowest BCUT2D eigenvalue weighted by Gasteiger charge is -1.99. The smallest absolute Gasteiger partial charge is 0.120 e. The molecule has 0 bridgehead atoms. The molecule has 3 nitrogen and oxygen atoms in total. The topological polar surface area (TPSA) is 34.9 Å². The third-order valence-corrected chi connectivity index (χ3v) is 2.58. The fraction of sp³-hybridized carbons (Fsp3) is 0.333. The van der Waals surface area contributed by atoms with Gasteiger partial charge in [-0.15, -0.1) is 0 Å². The second-order valence-corrected chi connectivity index (χ2v) is 3.74. The standard InChI is InChI=1S/C12H14N2O/c1-14-9-13-11-8-10(4-2-3-7-15)5-6-12(11)14/h5-9H,2-4H2,1H3. The van der Waals surface area contributed by atoms with Gasteiger partial charge in [-0.3, -0.25) is 0 Å². The number of carbonyl (C=O) groups excluding carboxylic acids is 1. The summed E-state index contributed by atoms with van der Waals surface area (Å²) in [6, 6.07) is 6.29. The first-order chi connectivity index (χ1) is 7.31. The van der Waals surface area contributed by atoms with E-state index in [1.54, 1.807) is 0 Å². The van der Waals surface area contributed by atoms with Crippen molar-refractivity contribution in [3.8, 4) is 0 Å². The van der Waals surface area contributed by atoms with Crippen LogP contribution in [-0.2, 0) is 18.3 Å². The Morgan fingerprint density at radius 1 is 1.47 bits per heavy atom. The van der Waals surface area contributed by atoms with Crippen LogP contribution in [0.3, 0.4) is 0 Å². The number of imidazole rings is 1. The number of hydrogen-bond acceptors (Lipinski definition) is 2. The van der Waals surface area contributed by atoms with Crippen LogP contribution < -0.4 is 0 Å². The third kappa shape index (κ3) is 2.06. The van der Waals surface area contributed by atoms with E-state index in [4.69, 9.17) is 0 Å². The van der Waals surface area contributed by atoms with Gasteiger partial charge in [-0.2, -0.15) is 0 Å². The molecule has 0 saturated carbocycles. The molecular formula is C12H14N2O. The SMILES string of the molecule is Cn1cnc2cc(CCCC=O)ccc21. The Hall–Kier alpha value is -1.64. The van der Waals surface area contributed by atoms with E-state index >= 15 is 0 Å². The molecule has 0 saturated heterocycles. The monoisotopic (exact) mass is 202 g/mol. The molecule has 1 aromatic heterocycles. The van der Waals surface area contributed by atoms with Gasteiger partial charge in [0, 0.05) is 13.5 Å². The molecule has 78 valence electrons. The Balaban J connectivity index is 2.19. The molecular weight excluding hydrogens is 188 g/mol. The number of aryl methyl sites for hydroxylation is 2. The molecule has 0 amide bonds. The number of fused-ring (bicyclic) bond motifs is 1. The van der Waals surface area contributed by atoms with Crippen LogP contribution in [0.2, 0.25) is 0 Å². The van der Waals surface area contributed by atoms with E-state index < -0.39 is 0 Å². The van der Waals surface area contributed by atoms with Crippen LogP contribution in [0, 0.1) is 0 Å². The number of rotatable bonds is 4. The molecule has 3 heteroatoms. The van der Waals surface area contributed by atoms with Crippen molar-refractivity contribution in [1.82, 2.24) is 9.55 Å². The summed E-state index contributed by atoms with van der Waals surface area (Å²) in [5, 5.41) is 0. The first-order valence-electron chi connectivity index (χ1n) is 5.15. The molecule has 0 fully saturated rings. The molecule has 0 aliphatic heterocycles. The second kappa shape index (κ2) is 4.26. The lowest BCUT2D eigenvalue weighted by atomic mass is 10.1. The van der Waals surface area contributed by atoms with Crippen molar-refractivity contribution in [2.24, 2.45) is 7.05 Å². The number of aromatic nitrogens is 2. The molecule has 15 heavy (non-hydrogen) atoms. The molecule has 1 aromatic carbocycles. The number of unbranched alkanes of at least 4 members (excludes halogenated alkanes) is 1. The van der Waals surface area contributed by atoms with Crippen molar-refractivity contribution in [3.05, 3.63) is 30.1 Å². The maximum atomic E-state index is 10.2. The van der Waals surface area contributed by atoms with Gasteiger partial charge in [0.05, 0.1) is 17.4 Å². The number of benzene rings is 1. The van der Waals surface area contributed by atoms with Crippen LogP contribution in [0.15, 0.2) is 24.5 Å². The zero-order chi connectivity index (χ0) is 10.7. The molecule has 0 radical (unpaired) electrons. The normalized spacial score (nSPS) is 10.7. The van der Waals surface area contributed by atoms with E-state index in [0.29, 0.717) is 6.42 Å². The summed E-state index contributed by atoms with van der Waals surface area (Å²) < 4.78 is 2.00. The van der Waals surface area contributed by atoms with Crippen LogP contribution >= 0.6 is 0 Å². The summed E-state index contributed by atoms with van der Waals surface area (Å²) in [5.74, 6) is 0. The van der Waals surface area contributed by atoms with Gasteiger partial charge in [0.25, 0.3) is 0 Å². The van der Waals surface area contributed by atoms with Gasteiger partial charge in [0.1, 0.15) is 6.29 Å². The van der Waals surface area contributed by atoms with E-state index in [1.165, 1.54) is 5.56 Å². The van der Waals surface area contributed by atoms with Gasteiger partial charge < -0.3 is 9.36 Å². The van der Waals surface area contributed by atoms with E-state index in [1.807, 2.05) is 17.9 Å². The van der Waals surface area contributed by atoms with E-state index in [-0.39, 0.29) is 0 Å². The van der Waals surface area contributed by atoms with Crippen molar-refractivity contribution in [3.63, 3.8) is 0 Å². The summed E-state index contributed by atoms with van der Waals surface area (Å²) in [7, 11) is 1.99. The second-order valence-electron chi connectivity index (χ2n) is 3.74. The molecule has 0 N–H and O–H groups in total. The van der Waals surface area contributed by atoms with Gasteiger partial charge in [0.15, 0.2) is 0 Å². The number of nitrogens with zero attached hydrogens (tertiary/aromatic N) is 2. The van der Waals surface area contributed by atoms with Crippen LogP contribution in [-0.4, -0.2) is 15.8 Å². The van der Waals surface area contributed by atoms with E-state index in [0.717, 1.165) is 30.2 Å². The number of aldehydes is 1. The zero-order valence-corrected chi connectivity index (χ0v) is 8.81. The average molecular weight is 202 g/mol. The summed E-state index contributed by atoms with van der Waals surface area (Å²) in [6.45, 7) is 0. The Bertz CT molecular complexity index is 473. The summed E-state index contributed by atoms with van der Waals surface area (Å²) in [6.07, 6.45) is 5.30. The van der Waals surface area contributed by atoms with Gasteiger partial charge in [-0.05, 0) is 30.5 Å². The van der Waals surface area contributed by atoms with Crippen molar-refractivity contribution in [2.75, 3.05) is 0 Å². The quantitative estimate of drug-likeness (QED) is 0.562. The van der Waals surface area contributed by atoms with Gasteiger partial charge in [0.2, 0.25) is 0 Å². The maximum Gasteiger partial charge on any atom is 0.120 e. The molecule has 2 rings (SSSR count). The van der Waals surface area contributed by atoms with Crippen LogP contribution in [0.5, 0.6) is 0 Å². The fourth-order valence-corrected chi connectivity index (χ4v) is 1.73. The number of hydrogen-bond donors (Lipinski definition) is 0. The fourth-order valence-electron chi connectivity index (χ4n) is 1.73. The summed E-state index contributed by atoms with van der Waals surface area (Å²) in [5.41, 5.74) is 3.43. The lowest BCUT2D eigenvalue weighted by Crippen LogP contribution is -1.88. The van der Waals surface area contributed by atoms with Crippen molar-refractivity contribution in [1.29, 1.82) is 0 Å². The molecule has 1 heterocycles. The minimum absolute atomic E-state index is 0.639. The Kier molecular flexibility index (Phi) is 2.81. The Morgan fingerprint density at radius 2 is 2.33 bits per heavy atom. The lowest BCUT2D eigenvalue weighted by molar-refractivity contribution is -0.107. The molecule has 0 spiro atoms. The van der Waals surface area contributed by atoms with Gasteiger partial charge in [-0.25, -0.2) is 4.98 Å². The first kappa shape index (κ1) is 9.90. The van der Waals surface area contributed by atoms with Crippen LogP contribution in [0.25, 0.3) is 11.0 Å². The largest absolute Gasteiger partial charge is 0.334 e. The van der Waals surface area contributed by atoms with Gasteiger partial charge in [-0.1, -0.05) is 6.07 Å². The van der Waals surface area contributed by atoms with Gasteiger partial charge >= 0.3 is 0 Å². The van der Waals surface area contributed by atoms with E-state index in [9.17, 15) is 4.79 Å². The highest BCUT2D eigenvalue weighted by molar-refractivity contribution is 5.75. The first-order valence-corrected chi connectivity index (χ1v) is 5.15. The van der Waals surface area contributed by atoms with Crippen molar-refractivity contribution >= 4 is 17.3 Å². The Morgan fingerprint density at radius 3 is 3.13 bits per heavy atom. The summed E-state index contributed by atoms with van der Waals surface area (Å²) >= 11 is 0. The predicted molar refractivity (Wildman–Crippen MR) is 59.7 cm³/mol. The maximum absolute atomic E-state index is 10.2.